The van der Waals surface area contributed by atoms with Gasteiger partial charge in [0, 0.05) is 24.4 Å². The maximum atomic E-state index is 11.3. The first-order valence-corrected chi connectivity index (χ1v) is 7.16. The van der Waals surface area contributed by atoms with E-state index in [1.165, 1.54) is 18.2 Å². The summed E-state index contributed by atoms with van der Waals surface area (Å²) in [5.41, 5.74) is 6.24. The summed E-state index contributed by atoms with van der Waals surface area (Å²) >= 11 is 0. The maximum Gasteiger partial charge on any atom is 0.271 e. The Labute approximate surface area is 105 Å². The summed E-state index contributed by atoms with van der Waals surface area (Å²) in [7, 11) is -3.04. The van der Waals surface area contributed by atoms with Crippen LogP contribution in [0, 0.1) is 10.1 Å². The average molecular weight is 273 g/mol. The number of anilines is 2. The van der Waals surface area contributed by atoms with Crippen molar-refractivity contribution in [1.82, 2.24) is 0 Å². The molecule has 0 spiro atoms. The SMILES string of the molecule is CCS(=O)(=O)CCNc1ccc([N+](=O)[O-])cc1N. The predicted molar refractivity (Wildman–Crippen MR) is 70.3 cm³/mol. The van der Waals surface area contributed by atoms with E-state index in [9.17, 15) is 18.5 Å². The van der Waals surface area contributed by atoms with E-state index in [4.69, 9.17) is 5.73 Å². The highest BCUT2D eigenvalue weighted by molar-refractivity contribution is 7.91. The van der Waals surface area contributed by atoms with E-state index in [1.54, 1.807) is 6.92 Å². The van der Waals surface area contributed by atoms with Crippen molar-refractivity contribution in [2.75, 3.05) is 29.1 Å². The summed E-state index contributed by atoms with van der Waals surface area (Å²) in [5.74, 6) is 0.0876. The molecule has 18 heavy (non-hydrogen) atoms. The number of nitrogens with one attached hydrogen (secondary N) is 1. The van der Waals surface area contributed by atoms with Gasteiger partial charge >= 0.3 is 0 Å². The molecule has 0 bridgehead atoms. The van der Waals surface area contributed by atoms with E-state index in [0.29, 0.717) is 5.69 Å². The van der Waals surface area contributed by atoms with Crippen LogP contribution in [0.1, 0.15) is 6.92 Å². The van der Waals surface area contributed by atoms with Gasteiger partial charge < -0.3 is 11.1 Å². The Hall–Kier alpha value is -1.83. The first-order valence-electron chi connectivity index (χ1n) is 5.34. The molecule has 8 heteroatoms. The highest BCUT2D eigenvalue weighted by atomic mass is 32.2. The standard InChI is InChI=1S/C10H15N3O4S/c1-2-18(16,17)6-5-12-10-4-3-8(13(14)15)7-9(10)11/h3-4,7,12H,2,5-6,11H2,1H3. The fraction of sp³-hybridized carbons (Fsp3) is 0.400. The first kappa shape index (κ1) is 14.2. The molecule has 0 amide bonds. The number of nitro groups is 1. The van der Waals surface area contributed by atoms with Crippen molar-refractivity contribution in [2.45, 2.75) is 6.92 Å². The zero-order chi connectivity index (χ0) is 13.8. The Morgan fingerprint density at radius 1 is 1.44 bits per heavy atom. The molecule has 0 aliphatic rings. The Bertz CT molecular complexity index is 542. The minimum Gasteiger partial charge on any atom is -0.397 e. The minimum atomic E-state index is -3.04. The fourth-order valence-electron chi connectivity index (χ4n) is 1.31. The molecule has 0 unspecified atom stereocenters. The van der Waals surface area contributed by atoms with Crippen LogP contribution < -0.4 is 11.1 Å². The Morgan fingerprint density at radius 2 is 2.11 bits per heavy atom. The molecule has 100 valence electrons. The second kappa shape index (κ2) is 5.67. The molecule has 0 aromatic heterocycles. The lowest BCUT2D eigenvalue weighted by Crippen LogP contribution is -2.17. The van der Waals surface area contributed by atoms with Crippen LogP contribution in [0.3, 0.4) is 0 Å². The molecular weight excluding hydrogens is 258 g/mol. The molecule has 0 radical (unpaired) electrons. The summed E-state index contributed by atoms with van der Waals surface area (Å²) in [5, 5.41) is 13.3. The lowest BCUT2D eigenvalue weighted by atomic mass is 10.2. The van der Waals surface area contributed by atoms with Crippen LogP contribution in [-0.4, -0.2) is 31.4 Å². The van der Waals surface area contributed by atoms with Crippen molar-refractivity contribution in [3.8, 4) is 0 Å². The molecule has 1 aromatic rings. The van der Waals surface area contributed by atoms with Crippen LogP contribution in [0.25, 0.3) is 0 Å². The molecule has 0 saturated heterocycles. The second-order valence-corrected chi connectivity index (χ2v) is 6.16. The topological polar surface area (TPSA) is 115 Å². The number of nitrogens with two attached hydrogens (primary N) is 1. The number of benzene rings is 1. The van der Waals surface area contributed by atoms with Gasteiger partial charge in [-0.25, -0.2) is 8.42 Å². The molecule has 0 fully saturated rings. The van der Waals surface area contributed by atoms with E-state index in [2.05, 4.69) is 5.32 Å². The van der Waals surface area contributed by atoms with E-state index >= 15 is 0 Å². The van der Waals surface area contributed by atoms with Crippen molar-refractivity contribution in [2.24, 2.45) is 0 Å². The van der Waals surface area contributed by atoms with E-state index in [-0.39, 0.29) is 29.4 Å². The number of sulfone groups is 1. The Kier molecular flexibility index (Phi) is 4.49. The zero-order valence-electron chi connectivity index (χ0n) is 9.92. The molecule has 1 rings (SSSR count). The predicted octanol–water partition coefficient (Wildman–Crippen LogP) is 1.02. The molecule has 0 saturated carbocycles. The van der Waals surface area contributed by atoms with Crippen molar-refractivity contribution in [3.63, 3.8) is 0 Å². The summed E-state index contributed by atoms with van der Waals surface area (Å²) in [6.07, 6.45) is 0. The lowest BCUT2D eigenvalue weighted by molar-refractivity contribution is -0.384. The molecule has 1 aromatic carbocycles. The third kappa shape index (κ3) is 3.88. The summed E-state index contributed by atoms with van der Waals surface area (Å²) in [6.45, 7) is 1.80. The monoisotopic (exact) mass is 273 g/mol. The number of hydrogen-bond acceptors (Lipinski definition) is 6. The van der Waals surface area contributed by atoms with Gasteiger partial charge in [-0.05, 0) is 6.07 Å². The van der Waals surface area contributed by atoms with Gasteiger partial charge in [0.15, 0.2) is 9.84 Å². The number of nitro benzene ring substituents is 1. The molecule has 3 N–H and O–H groups in total. The maximum absolute atomic E-state index is 11.3. The zero-order valence-corrected chi connectivity index (χ0v) is 10.7. The summed E-state index contributed by atoms with van der Waals surface area (Å²) in [6, 6.07) is 4.01. The minimum absolute atomic E-state index is 0.0000719. The Balaban J connectivity index is 2.67. The fourth-order valence-corrected chi connectivity index (χ4v) is 2.01. The Morgan fingerprint density at radius 3 is 2.61 bits per heavy atom. The smallest absolute Gasteiger partial charge is 0.271 e. The highest BCUT2D eigenvalue weighted by Gasteiger charge is 2.10. The normalized spacial score (nSPS) is 11.2. The number of non-ortho nitro benzene ring substituents is 1. The molecule has 0 heterocycles. The van der Waals surface area contributed by atoms with Crippen molar-refractivity contribution < 1.29 is 13.3 Å². The quantitative estimate of drug-likeness (QED) is 0.454. The van der Waals surface area contributed by atoms with E-state index < -0.39 is 14.8 Å². The van der Waals surface area contributed by atoms with Gasteiger partial charge in [-0.15, -0.1) is 0 Å². The van der Waals surface area contributed by atoms with Gasteiger partial charge in [-0.3, -0.25) is 10.1 Å². The van der Waals surface area contributed by atoms with Gasteiger partial charge in [0.1, 0.15) is 0 Å². The molecule has 0 aliphatic heterocycles. The van der Waals surface area contributed by atoms with Gasteiger partial charge in [0.05, 0.1) is 22.1 Å². The number of nitrogen functional groups attached to an aromatic ring is 1. The molecule has 7 nitrogen and oxygen atoms in total. The van der Waals surface area contributed by atoms with Crippen LogP contribution in [0.5, 0.6) is 0 Å². The molecule has 0 atom stereocenters. The van der Waals surface area contributed by atoms with Crippen molar-refractivity contribution >= 4 is 26.9 Å². The number of hydrogen-bond donors (Lipinski definition) is 2. The lowest BCUT2D eigenvalue weighted by Gasteiger charge is -2.08. The van der Waals surface area contributed by atoms with Crippen LogP contribution in [0.2, 0.25) is 0 Å². The van der Waals surface area contributed by atoms with Crippen LogP contribution in [-0.2, 0) is 9.84 Å². The largest absolute Gasteiger partial charge is 0.397 e. The first-order chi connectivity index (χ1) is 8.35. The molecular formula is C10H15N3O4S. The summed E-state index contributed by atoms with van der Waals surface area (Å²) in [4.78, 5) is 9.96. The van der Waals surface area contributed by atoms with Gasteiger partial charge in [0.2, 0.25) is 0 Å². The third-order valence-electron chi connectivity index (χ3n) is 2.41. The second-order valence-electron chi connectivity index (χ2n) is 3.69. The molecule has 0 aliphatic carbocycles. The number of nitrogens with zero attached hydrogens (tertiary/aromatic N) is 1. The van der Waals surface area contributed by atoms with E-state index in [1.807, 2.05) is 0 Å². The third-order valence-corrected chi connectivity index (χ3v) is 4.12. The van der Waals surface area contributed by atoms with Gasteiger partial charge in [0.25, 0.3) is 5.69 Å². The van der Waals surface area contributed by atoms with Crippen LogP contribution in [0.15, 0.2) is 18.2 Å². The van der Waals surface area contributed by atoms with Crippen molar-refractivity contribution in [1.29, 1.82) is 0 Å². The summed E-state index contributed by atoms with van der Waals surface area (Å²) < 4.78 is 22.5. The van der Waals surface area contributed by atoms with Gasteiger partial charge in [-0.1, -0.05) is 6.92 Å². The van der Waals surface area contributed by atoms with Crippen LogP contribution in [0.4, 0.5) is 17.1 Å². The van der Waals surface area contributed by atoms with Crippen LogP contribution >= 0.6 is 0 Å². The average Bonchev–Trinajstić information content (AvgIpc) is 2.31. The van der Waals surface area contributed by atoms with Gasteiger partial charge in [-0.2, -0.15) is 0 Å². The van der Waals surface area contributed by atoms with Crippen molar-refractivity contribution in [3.05, 3.63) is 28.3 Å². The van der Waals surface area contributed by atoms with E-state index in [0.717, 1.165) is 0 Å². The number of rotatable bonds is 6. The highest BCUT2D eigenvalue weighted by Crippen LogP contribution is 2.23.